The van der Waals surface area contributed by atoms with Crippen LogP contribution < -0.4 is 11.1 Å². The van der Waals surface area contributed by atoms with Crippen LogP contribution in [-0.4, -0.2) is 5.91 Å². The number of carbonyl (C=O) groups excluding carboxylic acids is 1. The van der Waals surface area contributed by atoms with E-state index >= 15 is 0 Å². The van der Waals surface area contributed by atoms with Crippen LogP contribution in [0.1, 0.15) is 23.1 Å². The number of rotatable bonds is 5. The van der Waals surface area contributed by atoms with Gasteiger partial charge in [-0.15, -0.1) is 0 Å². The first-order valence-electron chi connectivity index (χ1n) is 6.80. The summed E-state index contributed by atoms with van der Waals surface area (Å²) in [5.74, 6) is 0.0630. The van der Waals surface area contributed by atoms with Crippen LogP contribution in [0, 0.1) is 6.92 Å². The quantitative estimate of drug-likeness (QED) is 0.819. The molecular formula is C17H20N2O. The van der Waals surface area contributed by atoms with Crippen LogP contribution in [-0.2, 0) is 17.8 Å². The van der Waals surface area contributed by atoms with Gasteiger partial charge in [-0.2, -0.15) is 0 Å². The lowest BCUT2D eigenvalue weighted by atomic mass is 10.1. The highest BCUT2D eigenvalue weighted by Crippen LogP contribution is 2.07. The van der Waals surface area contributed by atoms with Crippen molar-refractivity contribution in [2.45, 2.75) is 26.3 Å². The predicted octanol–water partition coefficient (Wildman–Crippen LogP) is 2.83. The van der Waals surface area contributed by atoms with E-state index in [1.54, 1.807) is 0 Å². The molecule has 2 aromatic carbocycles. The molecule has 0 spiro atoms. The summed E-state index contributed by atoms with van der Waals surface area (Å²) in [7, 11) is 0. The van der Waals surface area contributed by atoms with Gasteiger partial charge in [-0.1, -0.05) is 42.0 Å². The Kier molecular flexibility index (Phi) is 4.77. The summed E-state index contributed by atoms with van der Waals surface area (Å²) in [5, 5.41) is 2.91. The van der Waals surface area contributed by atoms with Crippen LogP contribution in [0.5, 0.6) is 0 Å². The molecule has 2 aromatic rings. The SMILES string of the molecule is Cc1ccc(CCC(=O)NCc2cccc(N)c2)cc1. The van der Waals surface area contributed by atoms with Gasteiger partial charge in [0.2, 0.25) is 5.91 Å². The number of benzene rings is 2. The molecule has 0 aliphatic rings. The standard InChI is InChI=1S/C17H20N2O/c1-13-5-7-14(8-6-13)9-10-17(20)19-12-15-3-2-4-16(18)11-15/h2-8,11H,9-10,12,18H2,1H3,(H,19,20). The third-order valence-corrected chi connectivity index (χ3v) is 3.20. The van der Waals surface area contributed by atoms with Crippen molar-refractivity contribution < 1.29 is 4.79 Å². The van der Waals surface area contributed by atoms with Crippen molar-refractivity contribution in [3.8, 4) is 0 Å². The van der Waals surface area contributed by atoms with E-state index in [-0.39, 0.29) is 5.91 Å². The average molecular weight is 268 g/mol. The molecule has 3 heteroatoms. The molecule has 3 N–H and O–H groups in total. The Hall–Kier alpha value is -2.29. The molecule has 0 unspecified atom stereocenters. The number of anilines is 1. The minimum atomic E-state index is 0.0630. The minimum absolute atomic E-state index is 0.0630. The molecule has 0 fully saturated rings. The third-order valence-electron chi connectivity index (χ3n) is 3.20. The monoisotopic (exact) mass is 268 g/mol. The highest BCUT2D eigenvalue weighted by molar-refractivity contribution is 5.76. The Morgan fingerprint density at radius 3 is 2.55 bits per heavy atom. The number of nitrogen functional groups attached to an aromatic ring is 1. The number of hydrogen-bond acceptors (Lipinski definition) is 2. The van der Waals surface area contributed by atoms with Crippen molar-refractivity contribution >= 4 is 11.6 Å². The zero-order chi connectivity index (χ0) is 14.4. The lowest BCUT2D eigenvalue weighted by Crippen LogP contribution is -2.23. The van der Waals surface area contributed by atoms with E-state index in [0.717, 1.165) is 17.7 Å². The van der Waals surface area contributed by atoms with Gasteiger partial charge < -0.3 is 11.1 Å². The summed E-state index contributed by atoms with van der Waals surface area (Å²) in [6.45, 7) is 2.58. The van der Waals surface area contributed by atoms with Crippen LogP contribution in [0.4, 0.5) is 5.69 Å². The van der Waals surface area contributed by atoms with Crippen LogP contribution in [0.25, 0.3) is 0 Å². The maximum atomic E-state index is 11.8. The molecule has 0 atom stereocenters. The first-order valence-corrected chi connectivity index (χ1v) is 6.80. The van der Waals surface area contributed by atoms with Gasteiger partial charge in [-0.05, 0) is 36.6 Å². The Balaban J connectivity index is 1.77. The fraction of sp³-hybridized carbons (Fsp3) is 0.235. The minimum Gasteiger partial charge on any atom is -0.399 e. The van der Waals surface area contributed by atoms with E-state index in [1.165, 1.54) is 11.1 Å². The number of aryl methyl sites for hydroxylation is 2. The van der Waals surface area contributed by atoms with Crippen LogP contribution in [0.15, 0.2) is 48.5 Å². The summed E-state index contributed by atoms with van der Waals surface area (Å²) >= 11 is 0. The predicted molar refractivity (Wildman–Crippen MR) is 82.2 cm³/mol. The van der Waals surface area contributed by atoms with Crippen molar-refractivity contribution in [2.75, 3.05) is 5.73 Å². The number of carbonyl (C=O) groups is 1. The zero-order valence-electron chi connectivity index (χ0n) is 11.7. The van der Waals surface area contributed by atoms with E-state index in [1.807, 2.05) is 24.3 Å². The Morgan fingerprint density at radius 1 is 1.10 bits per heavy atom. The smallest absolute Gasteiger partial charge is 0.220 e. The maximum absolute atomic E-state index is 11.8. The highest BCUT2D eigenvalue weighted by atomic mass is 16.1. The van der Waals surface area contributed by atoms with Gasteiger partial charge in [0.25, 0.3) is 0 Å². The molecule has 0 aliphatic heterocycles. The molecule has 20 heavy (non-hydrogen) atoms. The van der Waals surface area contributed by atoms with Crippen molar-refractivity contribution in [1.29, 1.82) is 0 Å². The summed E-state index contributed by atoms with van der Waals surface area (Å²) in [6, 6.07) is 15.8. The second-order valence-corrected chi connectivity index (χ2v) is 5.01. The number of nitrogens with one attached hydrogen (secondary N) is 1. The molecule has 0 aromatic heterocycles. The van der Waals surface area contributed by atoms with Gasteiger partial charge in [0.05, 0.1) is 0 Å². The molecule has 3 nitrogen and oxygen atoms in total. The first kappa shape index (κ1) is 14.1. The Labute approximate surface area is 119 Å². The molecule has 0 aliphatic carbocycles. The fourth-order valence-electron chi connectivity index (χ4n) is 2.00. The number of amides is 1. The van der Waals surface area contributed by atoms with Gasteiger partial charge in [-0.25, -0.2) is 0 Å². The zero-order valence-corrected chi connectivity index (χ0v) is 11.7. The first-order chi connectivity index (χ1) is 9.63. The lowest BCUT2D eigenvalue weighted by Gasteiger charge is -2.06. The molecule has 0 bridgehead atoms. The van der Waals surface area contributed by atoms with Crippen LogP contribution in [0.3, 0.4) is 0 Å². The summed E-state index contributed by atoms with van der Waals surface area (Å²) in [5.41, 5.74) is 9.87. The summed E-state index contributed by atoms with van der Waals surface area (Å²) in [4.78, 5) is 11.8. The van der Waals surface area contributed by atoms with Gasteiger partial charge in [0, 0.05) is 18.7 Å². The molecule has 104 valence electrons. The molecule has 0 heterocycles. The topological polar surface area (TPSA) is 55.1 Å². The largest absolute Gasteiger partial charge is 0.399 e. The van der Waals surface area contributed by atoms with Gasteiger partial charge >= 0.3 is 0 Å². The fourth-order valence-corrected chi connectivity index (χ4v) is 2.00. The summed E-state index contributed by atoms with van der Waals surface area (Å²) < 4.78 is 0. The molecule has 0 saturated carbocycles. The van der Waals surface area contributed by atoms with Crippen LogP contribution >= 0.6 is 0 Å². The van der Waals surface area contributed by atoms with Crippen molar-refractivity contribution in [3.05, 3.63) is 65.2 Å². The maximum Gasteiger partial charge on any atom is 0.220 e. The van der Waals surface area contributed by atoms with Crippen molar-refractivity contribution in [2.24, 2.45) is 0 Å². The Morgan fingerprint density at radius 2 is 1.85 bits per heavy atom. The van der Waals surface area contributed by atoms with E-state index in [2.05, 4.69) is 36.5 Å². The van der Waals surface area contributed by atoms with Crippen molar-refractivity contribution in [3.63, 3.8) is 0 Å². The third kappa shape index (κ3) is 4.43. The van der Waals surface area contributed by atoms with E-state index < -0.39 is 0 Å². The molecule has 1 amide bonds. The van der Waals surface area contributed by atoms with Gasteiger partial charge in [0.15, 0.2) is 0 Å². The van der Waals surface area contributed by atoms with Gasteiger partial charge in [-0.3, -0.25) is 4.79 Å². The highest BCUT2D eigenvalue weighted by Gasteiger charge is 2.02. The van der Waals surface area contributed by atoms with E-state index in [0.29, 0.717) is 13.0 Å². The van der Waals surface area contributed by atoms with E-state index in [4.69, 9.17) is 5.73 Å². The second-order valence-electron chi connectivity index (χ2n) is 5.01. The molecule has 0 radical (unpaired) electrons. The van der Waals surface area contributed by atoms with Gasteiger partial charge in [0.1, 0.15) is 0 Å². The normalized spacial score (nSPS) is 10.2. The molecule has 2 rings (SSSR count). The summed E-state index contributed by atoms with van der Waals surface area (Å²) in [6.07, 6.45) is 1.27. The second kappa shape index (κ2) is 6.75. The number of nitrogens with two attached hydrogens (primary N) is 1. The average Bonchev–Trinajstić information content (AvgIpc) is 2.45. The number of hydrogen-bond donors (Lipinski definition) is 2. The molecule has 0 saturated heterocycles. The lowest BCUT2D eigenvalue weighted by molar-refractivity contribution is -0.121. The van der Waals surface area contributed by atoms with E-state index in [9.17, 15) is 4.79 Å². The van der Waals surface area contributed by atoms with Crippen LogP contribution in [0.2, 0.25) is 0 Å². The molecular weight excluding hydrogens is 248 g/mol. The van der Waals surface area contributed by atoms with Crippen molar-refractivity contribution in [1.82, 2.24) is 5.32 Å². The Bertz CT molecular complexity index is 576.